The Morgan fingerprint density at radius 2 is 2.13 bits per heavy atom. The summed E-state index contributed by atoms with van der Waals surface area (Å²) in [5.41, 5.74) is 2.21. The fraction of sp³-hybridized carbons (Fsp3) is 0.545. The third-order valence-corrected chi connectivity index (χ3v) is 2.44. The Morgan fingerprint density at radius 3 is 2.60 bits per heavy atom. The maximum atomic E-state index is 11.0. The van der Waals surface area contributed by atoms with Gasteiger partial charge >= 0.3 is 5.97 Å². The van der Waals surface area contributed by atoms with E-state index in [1.54, 1.807) is 6.20 Å². The Hall–Kier alpha value is -1.45. The van der Waals surface area contributed by atoms with Crippen molar-refractivity contribution in [3.63, 3.8) is 0 Å². The highest BCUT2D eigenvalue weighted by atomic mass is 16.4. The van der Waals surface area contributed by atoms with E-state index in [1.165, 1.54) is 0 Å². The van der Waals surface area contributed by atoms with Crippen molar-refractivity contribution in [3.05, 3.63) is 23.3 Å². The Bertz CT molecular complexity index is 364. The molecule has 1 heterocycles. The van der Waals surface area contributed by atoms with Gasteiger partial charge in [0.15, 0.2) is 0 Å². The first-order chi connectivity index (χ1) is 7.06. The van der Waals surface area contributed by atoms with Crippen molar-refractivity contribution in [1.82, 2.24) is 9.97 Å². The minimum atomic E-state index is -0.825. The molecule has 0 aliphatic carbocycles. The van der Waals surface area contributed by atoms with Gasteiger partial charge in [0.2, 0.25) is 0 Å². The first-order valence-electron chi connectivity index (χ1n) is 5.09. The average Bonchev–Trinajstić information content (AvgIpc) is 2.18. The minimum Gasteiger partial charge on any atom is -0.481 e. The highest BCUT2D eigenvalue weighted by Crippen LogP contribution is 2.19. The van der Waals surface area contributed by atoms with Gasteiger partial charge in [0.25, 0.3) is 0 Å². The van der Waals surface area contributed by atoms with Crippen LogP contribution in [-0.4, -0.2) is 21.0 Å². The minimum absolute atomic E-state index is 0.526. The molecule has 0 radical (unpaired) electrons. The second-order valence-corrected chi connectivity index (χ2v) is 3.65. The van der Waals surface area contributed by atoms with E-state index in [-0.39, 0.29) is 0 Å². The summed E-state index contributed by atoms with van der Waals surface area (Å²) in [6.45, 7) is 5.67. The molecule has 0 aliphatic heterocycles. The smallest absolute Gasteiger partial charge is 0.312 e. The van der Waals surface area contributed by atoms with Crippen LogP contribution in [0.2, 0.25) is 0 Å². The molecule has 1 aromatic rings. The van der Waals surface area contributed by atoms with Gasteiger partial charge < -0.3 is 5.11 Å². The lowest BCUT2D eigenvalue weighted by Crippen LogP contribution is -2.14. The third-order valence-electron chi connectivity index (χ3n) is 2.44. The van der Waals surface area contributed by atoms with Crippen LogP contribution in [-0.2, 0) is 4.79 Å². The molecule has 1 N–H and O–H groups in total. The van der Waals surface area contributed by atoms with E-state index >= 15 is 0 Å². The Morgan fingerprint density at radius 1 is 1.47 bits per heavy atom. The largest absolute Gasteiger partial charge is 0.481 e. The van der Waals surface area contributed by atoms with Gasteiger partial charge in [-0.05, 0) is 20.3 Å². The zero-order chi connectivity index (χ0) is 11.4. The summed E-state index contributed by atoms with van der Waals surface area (Å²) < 4.78 is 0. The number of carbonyl (C=O) groups is 1. The van der Waals surface area contributed by atoms with Crippen LogP contribution in [0.15, 0.2) is 6.20 Å². The van der Waals surface area contributed by atoms with Gasteiger partial charge in [0, 0.05) is 6.20 Å². The van der Waals surface area contributed by atoms with E-state index in [1.807, 2.05) is 20.8 Å². The van der Waals surface area contributed by atoms with E-state index in [0.717, 1.165) is 17.8 Å². The molecular formula is C11H16N2O2. The number of hydrogen-bond acceptors (Lipinski definition) is 3. The molecule has 1 rings (SSSR count). The second-order valence-electron chi connectivity index (χ2n) is 3.65. The van der Waals surface area contributed by atoms with E-state index in [0.29, 0.717) is 12.1 Å². The highest BCUT2D eigenvalue weighted by Gasteiger charge is 2.20. The number of hydrogen-bond donors (Lipinski definition) is 1. The van der Waals surface area contributed by atoms with Crippen LogP contribution in [0.3, 0.4) is 0 Å². The van der Waals surface area contributed by atoms with Crippen molar-refractivity contribution >= 4 is 5.97 Å². The van der Waals surface area contributed by atoms with Crippen molar-refractivity contribution in [1.29, 1.82) is 0 Å². The molecule has 4 heteroatoms. The van der Waals surface area contributed by atoms with Gasteiger partial charge in [-0.25, -0.2) is 0 Å². The topological polar surface area (TPSA) is 63.1 Å². The molecule has 1 atom stereocenters. The molecule has 0 aliphatic rings. The van der Waals surface area contributed by atoms with Crippen molar-refractivity contribution in [2.75, 3.05) is 0 Å². The van der Waals surface area contributed by atoms with E-state index in [4.69, 9.17) is 5.11 Å². The van der Waals surface area contributed by atoms with Gasteiger partial charge in [0.1, 0.15) is 5.92 Å². The van der Waals surface area contributed by atoms with E-state index in [9.17, 15) is 4.79 Å². The first kappa shape index (κ1) is 11.6. The summed E-state index contributed by atoms with van der Waals surface area (Å²) in [6, 6.07) is 0. The maximum absolute atomic E-state index is 11.0. The molecule has 1 unspecified atom stereocenters. The summed E-state index contributed by atoms with van der Waals surface area (Å²) in [4.78, 5) is 19.4. The van der Waals surface area contributed by atoms with Crippen molar-refractivity contribution < 1.29 is 9.90 Å². The molecule has 1 aromatic heterocycles. The van der Waals surface area contributed by atoms with Gasteiger partial charge in [-0.2, -0.15) is 0 Å². The van der Waals surface area contributed by atoms with E-state index < -0.39 is 11.9 Å². The molecule has 15 heavy (non-hydrogen) atoms. The highest BCUT2D eigenvalue weighted by molar-refractivity contribution is 5.75. The van der Waals surface area contributed by atoms with Crippen LogP contribution in [0.25, 0.3) is 0 Å². The zero-order valence-corrected chi connectivity index (χ0v) is 9.32. The molecule has 4 nitrogen and oxygen atoms in total. The molecule has 0 aromatic carbocycles. The number of aryl methyl sites for hydroxylation is 2. The van der Waals surface area contributed by atoms with Crippen molar-refractivity contribution in [2.45, 2.75) is 39.5 Å². The van der Waals surface area contributed by atoms with Crippen LogP contribution in [0.5, 0.6) is 0 Å². The molecule has 0 saturated carbocycles. The normalized spacial score (nSPS) is 12.5. The van der Waals surface area contributed by atoms with Gasteiger partial charge in [-0.1, -0.05) is 13.3 Å². The van der Waals surface area contributed by atoms with Gasteiger partial charge in [0.05, 0.1) is 17.1 Å². The van der Waals surface area contributed by atoms with Gasteiger partial charge in [-0.3, -0.25) is 14.8 Å². The van der Waals surface area contributed by atoms with E-state index in [2.05, 4.69) is 9.97 Å². The van der Waals surface area contributed by atoms with Crippen molar-refractivity contribution in [2.24, 2.45) is 0 Å². The fourth-order valence-electron chi connectivity index (χ4n) is 1.41. The third kappa shape index (κ3) is 2.75. The standard InChI is InChI=1S/C11H16N2O2/c1-4-5-9(11(14)15)10-6-12-7(2)8(3)13-10/h6,9H,4-5H2,1-3H3,(H,14,15). The lowest BCUT2D eigenvalue weighted by molar-refractivity contribution is -0.139. The summed E-state index contributed by atoms with van der Waals surface area (Å²) >= 11 is 0. The summed E-state index contributed by atoms with van der Waals surface area (Å²) in [5.74, 6) is -1.35. The fourth-order valence-corrected chi connectivity index (χ4v) is 1.41. The Balaban J connectivity index is 3.01. The van der Waals surface area contributed by atoms with Crippen LogP contribution >= 0.6 is 0 Å². The van der Waals surface area contributed by atoms with Crippen LogP contribution in [0.1, 0.15) is 42.8 Å². The summed E-state index contributed by atoms with van der Waals surface area (Å²) in [6.07, 6.45) is 2.99. The monoisotopic (exact) mass is 208 g/mol. The lowest BCUT2D eigenvalue weighted by atomic mass is 10.0. The van der Waals surface area contributed by atoms with Crippen LogP contribution in [0, 0.1) is 13.8 Å². The molecule has 0 amide bonds. The molecule has 0 bridgehead atoms. The Labute approximate surface area is 89.4 Å². The van der Waals surface area contributed by atoms with Gasteiger partial charge in [-0.15, -0.1) is 0 Å². The predicted octanol–water partition coefficient (Wildman–Crippen LogP) is 2.06. The maximum Gasteiger partial charge on any atom is 0.312 e. The second kappa shape index (κ2) is 4.87. The predicted molar refractivity (Wildman–Crippen MR) is 56.8 cm³/mol. The molecule has 0 saturated heterocycles. The number of aliphatic carboxylic acids is 1. The quantitative estimate of drug-likeness (QED) is 0.822. The first-order valence-corrected chi connectivity index (χ1v) is 5.09. The SMILES string of the molecule is CCCC(C(=O)O)c1cnc(C)c(C)n1. The molecule has 82 valence electrons. The molecular weight excluding hydrogens is 192 g/mol. The number of carboxylic acids is 1. The number of carboxylic acid groups (broad SMARTS) is 1. The number of aromatic nitrogens is 2. The lowest BCUT2D eigenvalue weighted by Gasteiger charge is -2.11. The number of nitrogens with zero attached hydrogens (tertiary/aromatic N) is 2. The molecule has 0 fully saturated rings. The van der Waals surface area contributed by atoms with Crippen LogP contribution < -0.4 is 0 Å². The summed E-state index contributed by atoms with van der Waals surface area (Å²) in [5, 5.41) is 9.05. The molecule has 0 spiro atoms. The number of rotatable bonds is 4. The van der Waals surface area contributed by atoms with Crippen molar-refractivity contribution in [3.8, 4) is 0 Å². The Kier molecular flexibility index (Phi) is 3.77. The van der Waals surface area contributed by atoms with Crippen LogP contribution in [0.4, 0.5) is 0 Å². The summed E-state index contributed by atoms with van der Waals surface area (Å²) in [7, 11) is 0. The zero-order valence-electron chi connectivity index (χ0n) is 9.32. The average molecular weight is 208 g/mol.